The third-order valence-corrected chi connectivity index (χ3v) is 6.23. The second-order valence-corrected chi connectivity index (χ2v) is 8.37. The molecule has 4 nitrogen and oxygen atoms in total. The van der Waals surface area contributed by atoms with E-state index in [4.69, 9.17) is 0 Å². The van der Waals surface area contributed by atoms with Gasteiger partial charge in [-0.05, 0) is 97.9 Å². The summed E-state index contributed by atoms with van der Waals surface area (Å²) in [6, 6.07) is 19.4. The van der Waals surface area contributed by atoms with Crippen LogP contribution in [0.25, 0.3) is 6.08 Å². The van der Waals surface area contributed by atoms with E-state index in [0.717, 1.165) is 24.3 Å². The molecule has 0 aromatic heterocycles. The number of hydrogen-bond acceptors (Lipinski definition) is 4. The summed E-state index contributed by atoms with van der Waals surface area (Å²) in [4.78, 5) is 22.1. The third-order valence-electron chi connectivity index (χ3n) is 5.26. The lowest BCUT2D eigenvalue weighted by molar-refractivity contribution is -0.113. The molecular formula is C26H23F2N3OS. The van der Waals surface area contributed by atoms with Crippen molar-refractivity contribution in [2.75, 3.05) is 22.9 Å². The molecule has 33 heavy (non-hydrogen) atoms. The van der Waals surface area contributed by atoms with Gasteiger partial charge in [0.2, 0.25) is 0 Å². The number of carbonyl (C=O) groups excluding carboxylic acids is 1. The summed E-state index contributed by atoms with van der Waals surface area (Å²) >= 11 is 1.23. The van der Waals surface area contributed by atoms with Gasteiger partial charge in [0.05, 0.1) is 16.3 Å². The van der Waals surface area contributed by atoms with Crippen LogP contribution in [0.15, 0.2) is 82.7 Å². The van der Waals surface area contributed by atoms with Crippen LogP contribution in [0.1, 0.15) is 19.4 Å². The van der Waals surface area contributed by atoms with Crippen molar-refractivity contribution in [1.82, 2.24) is 0 Å². The molecule has 0 aliphatic carbocycles. The molecule has 0 bridgehead atoms. The molecule has 3 aromatic carbocycles. The highest BCUT2D eigenvalue weighted by Gasteiger charge is 2.34. The molecule has 7 heteroatoms. The number of benzene rings is 3. The Morgan fingerprint density at radius 2 is 1.45 bits per heavy atom. The van der Waals surface area contributed by atoms with E-state index < -0.39 is 0 Å². The van der Waals surface area contributed by atoms with Crippen molar-refractivity contribution >= 4 is 46.0 Å². The van der Waals surface area contributed by atoms with Crippen molar-refractivity contribution in [2.24, 2.45) is 4.99 Å². The Kier molecular flexibility index (Phi) is 6.89. The van der Waals surface area contributed by atoms with Gasteiger partial charge >= 0.3 is 0 Å². The summed E-state index contributed by atoms with van der Waals surface area (Å²) in [5.74, 6) is -1.00. The van der Waals surface area contributed by atoms with Crippen molar-refractivity contribution < 1.29 is 13.6 Å². The van der Waals surface area contributed by atoms with Crippen LogP contribution in [-0.2, 0) is 4.79 Å². The minimum absolute atomic E-state index is 0.250. The van der Waals surface area contributed by atoms with E-state index in [0.29, 0.717) is 21.4 Å². The van der Waals surface area contributed by atoms with Crippen LogP contribution in [0.5, 0.6) is 0 Å². The minimum Gasteiger partial charge on any atom is -0.372 e. The van der Waals surface area contributed by atoms with E-state index in [1.807, 2.05) is 30.3 Å². The number of anilines is 2. The number of amidine groups is 1. The first-order chi connectivity index (χ1) is 16.0. The van der Waals surface area contributed by atoms with Crippen LogP contribution >= 0.6 is 11.8 Å². The first-order valence-electron chi connectivity index (χ1n) is 10.7. The molecule has 0 spiro atoms. The summed E-state index contributed by atoms with van der Waals surface area (Å²) in [7, 11) is 0. The van der Waals surface area contributed by atoms with Gasteiger partial charge in [0, 0.05) is 18.8 Å². The van der Waals surface area contributed by atoms with Crippen LogP contribution in [-0.4, -0.2) is 24.2 Å². The molecule has 0 N–H and O–H groups in total. The Hall–Kier alpha value is -3.45. The molecule has 1 aliphatic rings. The fourth-order valence-electron chi connectivity index (χ4n) is 3.51. The number of thioether (sulfide) groups is 1. The van der Waals surface area contributed by atoms with E-state index >= 15 is 0 Å². The summed E-state index contributed by atoms with van der Waals surface area (Å²) in [6.07, 6.45) is 1.82. The second kappa shape index (κ2) is 10.0. The van der Waals surface area contributed by atoms with Gasteiger partial charge in [0.1, 0.15) is 11.6 Å². The average Bonchev–Trinajstić information content (AvgIpc) is 3.12. The summed E-state index contributed by atoms with van der Waals surface area (Å²) in [6.45, 7) is 6.06. The highest BCUT2D eigenvalue weighted by molar-refractivity contribution is 8.19. The van der Waals surface area contributed by atoms with Gasteiger partial charge in [0.25, 0.3) is 5.91 Å². The van der Waals surface area contributed by atoms with Gasteiger partial charge in [-0.3, -0.25) is 9.69 Å². The van der Waals surface area contributed by atoms with E-state index in [2.05, 4.69) is 23.7 Å². The van der Waals surface area contributed by atoms with Crippen LogP contribution in [0.2, 0.25) is 0 Å². The number of hydrogen-bond donors (Lipinski definition) is 0. The summed E-state index contributed by atoms with van der Waals surface area (Å²) in [5.41, 5.74) is 3.04. The van der Waals surface area contributed by atoms with Crippen molar-refractivity contribution in [2.45, 2.75) is 13.8 Å². The molecule has 0 radical (unpaired) electrons. The van der Waals surface area contributed by atoms with Crippen molar-refractivity contribution in [3.05, 3.63) is 94.9 Å². The second-order valence-electron chi connectivity index (χ2n) is 7.36. The Balaban J connectivity index is 1.69. The zero-order valence-electron chi connectivity index (χ0n) is 18.3. The molecular weight excluding hydrogens is 440 g/mol. The normalized spacial score (nSPS) is 16.1. The zero-order chi connectivity index (χ0) is 23.4. The average molecular weight is 464 g/mol. The highest BCUT2D eigenvalue weighted by atomic mass is 32.2. The first kappa shape index (κ1) is 22.7. The molecule has 0 unspecified atom stereocenters. The molecule has 3 aromatic rings. The molecule has 0 saturated carbocycles. The smallest absolute Gasteiger partial charge is 0.271 e. The fraction of sp³-hybridized carbons (Fsp3) is 0.154. The lowest BCUT2D eigenvalue weighted by Gasteiger charge is -2.20. The van der Waals surface area contributed by atoms with Gasteiger partial charge in [0.15, 0.2) is 5.17 Å². The van der Waals surface area contributed by atoms with Gasteiger partial charge in [-0.15, -0.1) is 0 Å². The largest absolute Gasteiger partial charge is 0.372 e. The predicted molar refractivity (Wildman–Crippen MR) is 133 cm³/mol. The lowest BCUT2D eigenvalue weighted by Crippen LogP contribution is -2.28. The maximum atomic E-state index is 13.5. The quantitative estimate of drug-likeness (QED) is 0.386. The van der Waals surface area contributed by atoms with Crippen molar-refractivity contribution in [3.63, 3.8) is 0 Å². The molecule has 1 fully saturated rings. The van der Waals surface area contributed by atoms with Crippen LogP contribution in [0, 0.1) is 11.6 Å². The van der Waals surface area contributed by atoms with Gasteiger partial charge in [-0.25, -0.2) is 13.8 Å². The summed E-state index contributed by atoms with van der Waals surface area (Å²) in [5, 5.41) is 0.421. The third kappa shape index (κ3) is 5.14. The highest BCUT2D eigenvalue weighted by Crippen LogP contribution is 2.37. The zero-order valence-corrected chi connectivity index (χ0v) is 19.2. The molecule has 1 amide bonds. The van der Waals surface area contributed by atoms with E-state index in [9.17, 15) is 13.6 Å². The Morgan fingerprint density at radius 1 is 0.879 bits per heavy atom. The molecule has 4 rings (SSSR count). The monoisotopic (exact) mass is 463 g/mol. The number of nitrogens with zero attached hydrogens (tertiary/aromatic N) is 3. The number of rotatable bonds is 6. The van der Waals surface area contributed by atoms with Gasteiger partial charge in [-0.1, -0.05) is 12.1 Å². The molecule has 168 valence electrons. The standard InChI is InChI=1S/C26H23F2N3OS/c1-3-30(4-2)22-13-5-18(6-14-22)17-24-25(32)31(23-15-9-20(28)10-16-23)26(33-24)29-21-11-7-19(27)8-12-21/h5-17H,3-4H2,1-2H3. The molecule has 1 heterocycles. The van der Waals surface area contributed by atoms with E-state index in [-0.39, 0.29) is 17.5 Å². The number of halogens is 2. The van der Waals surface area contributed by atoms with E-state index in [1.54, 1.807) is 12.1 Å². The van der Waals surface area contributed by atoms with Gasteiger partial charge < -0.3 is 4.90 Å². The SMILES string of the molecule is CCN(CC)c1ccc(C=C2SC(=Nc3ccc(F)cc3)N(c3ccc(F)cc3)C2=O)cc1. The maximum Gasteiger partial charge on any atom is 0.271 e. The number of aliphatic imine (C=N–C) groups is 1. The maximum absolute atomic E-state index is 13.5. The van der Waals surface area contributed by atoms with Crippen LogP contribution in [0.4, 0.5) is 25.8 Å². The Bertz CT molecular complexity index is 1190. The predicted octanol–water partition coefficient (Wildman–Crippen LogP) is 6.62. The van der Waals surface area contributed by atoms with E-state index in [1.165, 1.54) is 53.1 Å². The number of carbonyl (C=O) groups is 1. The molecule has 1 saturated heterocycles. The lowest BCUT2D eigenvalue weighted by atomic mass is 10.1. The van der Waals surface area contributed by atoms with Crippen molar-refractivity contribution in [1.29, 1.82) is 0 Å². The summed E-state index contributed by atoms with van der Waals surface area (Å²) < 4.78 is 26.8. The van der Waals surface area contributed by atoms with Crippen LogP contribution in [0.3, 0.4) is 0 Å². The first-order valence-corrected chi connectivity index (χ1v) is 11.5. The van der Waals surface area contributed by atoms with Gasteiger partial charge in [-0.2, -0.15) is 0 Å². The molecule has 0 atom stereocenters. The minimum atomic E-state index is -0.390. The Labute approximate surface area is 196 Å². The van der Waals surface area contributed by atoms with Crippen LogP contribution < -0.4 is 9.80 Å². The number of amides is 1. The fourth-order valence-corrected chi connectivity index (χ4v) is 4.52. The Morgan fingerprint density at radius 3 is 2.03 bits per heavy atom. The molecule has 1 aliphatic heterocycles. The van der Waals surface area contributed by atoms with Crippen molar-refractivity contribution in [3.8, 4) is 0 Å². The topological polar surface area (TPSA) is 35.9 Å².